The number of nitrogens with zero attached hydrogens (tertiary/aromatic N) is 2. The number of ether oxygens (including phenoxy) is 2. The minimum Gasteiger partial charge on any atom is -0.491 e. The molecule has 1 N–H and O–H groups in total. The van der Waals surface area contributed by atoms with Crippen LogP contribution < -0.4 is 15.0 Å². The van der Waals surface area contributed by atoms with Gasteiger partial charge in [0.05, 0.1) is 17.3 Å². The van der Waals surface area contributed by atoms with Gasteiger partial charge in [-0.3, -0.25) is 9.59 Å². The number of nitrogens with one attached hydrogen (secondary N) is 1. The van der Waals surface area contributed by atoms with E-state index in [-0.39, 0.29) is 24.2 Å². The van der Waals surface area contributed by atoms with Gasteiger partial charge in [0.1, 0.15) is 12.4 Å². The molecule has 0 saturated heterocycles. The van der Waals surface area contributed by atoms with Crippen LogP contribution in [-0.4, -0.2) is 49.3 Å². The van der Waals surface area contributed by atoms with E-state index < -0.39 is 18.0 Å². The number of aromatic nitrogens is 1. The number of alkyl halides is 3. The van der Waals surface area contributed by atoms with Gasteiger partial charge in [-0.2, -0.15) is 13.2 Å². The number of carbonyl (C=O) groups excluding carboxylic acids is 2. The lowest BCUT2D eigenvalue weighted by Crippen LogP contribution is -2.42. The van der Waals surface area contributed by atoms with Crippen LogP contribution in [0.3, 0.4) is 0 Å². The monoisotopic (exact) mass is 675 g/mol. The zero-order valence-electron chi connectivity index (χ0n) is 26.5. The highest BCUT2D eigenvalue weighted by atomic mass is 32.2. The van der Waals surface area contributed by atoms with Crippen LogP contribution in [0.1, 0.15) is 37.3 Å². The lowest BCUT2D eigenvalue weighted by atomic mass is 10.00. The van der Waals surface area contributed by atoms with Crippen LogP contribution >= 0.6 is 11.8 Å². The molecule has 0 unspecified atom stereocenters. The molecule has 0 saturated carbocycles. The summed E-state index contributed by atoms with van der Waals surface area (Å²) >= 11 is 1.59. The van der Waals surface area contributed by atoms with Crippen molar-refractivity contribution in [2.45, 2.75) is 43.1 Å². The standard InChI is InChI=1S/C37H36F3N3O4S/c1-2-3-20-46-21-22-47-32-14-9-27(10-15-32)28-11-16-33-30(23-28)24-29(17-19-43(33)36(45)37(38,39)40)35(44)42-31-12-7-26(8-13-31)25-48-34-6-4-5-18-41-34/h4-16,18,23-24H,2-3,17,19-22,25H2,1H3,(H,42,44). The third-order valence-corrected chi connectivity index (χ3v) is 8.61. The summed E-state index contributed by atoms with van der Waals surface area (Å²) in [6, 6.07) is 25.2. The minimum absolute atomic E-state index is 0.0648. The molecule has 3 aromatic carbocycles. The summed E-state index contributed by atoms with van der Waals surface area (Å²) in [7, 11) is 0. The van der Waals surface area contributed by atoms with Crippen molar-refractivity contribution in [1.82, 2.24) is 4.98 Å². The molecule has 7 nitrogen and oxygen atoms in total. The van der Waals surface area contributed by atoms with E-state index in [9.17, 15) is 22.8 Å². The van der Waals surface area contributed by atoms with Gasteiger partial charge in [0.15, 0.2) is 0 Å². The van der Waals surface area contributed by atoms with Crippen LogP contribution in [0.2, 0.25) is 0 Å². The molecule has 250 valence electrons. The van der Waals surface area contributed by atoms with Crippen LogP contribution in [0, 0.1) is 0 Å². The number of halogens is 3. The fourth-order valence-corrected chi connectivity index (χ4v) is 5.86. The van der Waals surface area contributed by atoms with Gasteiger partial charge in [0, 0.05) is 36.4 Å². The predicted molar refractivity (Wildman–Crippen MR) is 183 cm³/mol. The number of benzene rings is 3. The maximum atomic E-state index is 13.6. The van der Waals surface area contributed by atoms with Gasteiger partial charge in [-0.05, 0) is 89.7 Å². The normalized spacial score (nSPS) is 12.9. The summed E-state index contributed by atoms with van der Waals surface area (Å²) in [4.78, 5) is 30.9. The third kappa shape index (κ3) is 9.48. The highest BCUT2D eigenvalue weighted by Crippen LogP contribution is 2.35. The molecule has 1 aliphatic rings. The zero-order chi connectivity index (χ0) is 33.9. The molecule has 4 aromatic rings. The first kappa shape index (κ1) is 34.7. The Morgan fingerprint density at radius 3 is 2.42 bits per heavy atom. The van der Waals surface area contributed by atoms with Crippen molar-refractivity contribution in [2.75, 3.05) is 36.6 Å². The SMILES string of the molecule is CCCCOCCOc1ccc(-c2ccc3c(c2)C=C(C(=O)Nc2ccc(CSc4ccccn4)cc2)CCN3C(=O)C(F)(F)F)cc1. The molecule has 0 aliphatic carbocycles. The molecular weight excluding hydrogens is 639 g/mol. The number of pyridine rings is 1. The van der Waals surface area contributed by atoms with Crippen molar-refractivity contribution in [2.24, 2.45) is 0 Å². The zero-order valence-corrected chi connectivity index (χ0v) is 27.3. The first-order chi connectivity index (χ1) is 23.2. The number of carbonyl (C=O) groups is 2. The number of thioether (sulfide) groups is 1. The molecular formula is C37H36F3N3O4S. The second-order valence-corrected chi connectivity index (χ2v) is 12.1. The Kier molecular flexibility index (Phi) is 11.9. The molecule has 48 heavy (non-hydrogen) atoms. The van der Waals surface area contributed by atoms with Crippen LogP contribution in [0.15, 0.2) is 102 Å². The Labute approximate surface area is 282 Å². The summed E-state index contributed by atoms with van der Waals surface area (Å²) in [5.74, 6) is -1.08. The molecule has 0 spiro atoms. The van der Waals surface area contributed by atoms with Gasteiger partial charge in [0.2, 0.25) is 0 Å². The smallest absolute Gasteiger partial charge is 0.471 e. The van der Waals surface area contributed by atoms with Crippen LogP contribution in [-0.2, 0) is 20.1 Å². The maximum Gasteiger partial charge on any atom is 0.471 e. The van der Waals surface area contributed by atoms with E-state index >= 15 is 0 Å². The van der Waals surface area contributed by atoms with Crippen molar-refractivity contribution >= 4 is 41.0 Å². The Bertz CT molecular complexity index is 1710. The first-order valence-electron chi connectivity index (χ1n) is 15.7. The average Bonchev–Trinajstić information content (AvgIpc) is 3.29. The minimum atomic E-state index is -5.07. The third-order valence-electron chi connectivity index (χ3n) is 7.59. The van der Waals surface area contributed by atoms with E-state index in [2.05, 4.69) is 17.2 Å². The molecule has 0 bridgehead atoms. The molecule has 1 aromatic heterocycles. The van der Waals surface area contributed by atoms with Gasteiger partial charge in [-0.25, -0.2) is 4.98 Å². The number of anilines is 2. The second-order valence-electron chi connectivity index (χ2n) is 11.1. The summed E-state index contributed by atoms with van der Waals surface area (Å²) in [5, 5.41) is 3.76. The Morgan fingerprint density at radius 2 is 1.71 bits per heavy atom. The van der Waals surface area contributed by atoms with Crippen molar-refractivity contribution in [3.05, 3.63) is 108 Å². The van der Waals surface area contributed by atoms with Crippen LogP contribution in [0.25, 0.3) is 17.2 Å². The van der Waals surface area contributed by atoms with E-state index in [1.807, 2.05) is 54.6 Å². The largest absolute Gasteiger partial charge is 0.491 e. The topological polar surface area (TPSA) is 80.8 Å². The molecule has 1 aliphatic heterocycles. The van der Waals surface area contributed by atoms with Crippen LogP contribution in [0.5, 0.6) is 5.75 Å². The second kappa shape index (κ2) is 16.5. The summed E-state index contributed by atoms with van der Waals surface area (Å²) in [5.41, 5.74) is 3.76. The predicted octanol–water partition coefficient (Wildman–Crippen LogP) is 8.56. The fourth-order valence-electron chi connectivity index (χ4n) is 5.05. The lowest BCUT2D eigenvalue weighted by molar-refractivity contribution is -0.170. The molecule has 2 heterocycles. The molecule has 11 heteroatoms. The summed E-state index contributed by atoms with van der Waals surface area (Å²) in [6.07, 6.45) is 0.225. The van der Waals surface area contributed by atoms with E-state index in [0.717, 1.165) is 29.0 Å². The van der Waals surface area contributed by atoms with E-state index in [1.165, 1.54) is 6.07 Å². The Balaban J connectivity index is 1.31. The van der Waals surface area contributed by atoms with E-state index in [0.29, 0.717) is 53.0 Å². The molecule has 2 amide bonds. The number of fused-ring (bicyclic) bond motifs is 1. The van der Waals surface area contributed by atoms with Crippen LogP contribution in [0.4, 0.5) is 24.5 Å². The number of unbranched alkanes of at least 4 members (excludes halogenated alkanes) is 1. The highest BCUT2D eigenvalue weighted by Gasteiger charge is 2.44. The van der Waals surface area contributed by atoms with Crippen molar-refractivity contribution in [3.63, 3.8) is 0 Å². The molecule has 0 radical (unpaired) electrons. The maximum absolute atomic E-state index is 13.6. The van der Waals surface area contributed by atoms with E-state index in [1.54, 1.807) is 48.3 Å². The Morgan fingerprint density at radius 1 is 0.938 bits per heavy atom. The number of amides is 2. The number of rotatable bonds is 13. The van der Waals surface area contributed by atoms with Crippen molar-refractivity contribution in [3.8, 4) is 16.9 Å². The van der Waals surface area contributed by atoms with Crippen molar-refractivity contribution < 1.29 is 32.2 Å². The van der Waals surface area contributed by atoms with Gasteiger partial charge in [-0.1, -0.05) is 49.7 Å². The highest BCUT2D eigenvalue weighted by molar-refractivity contribution is 7.98. The van der Waals surface area contributed by atoms with Gasteiger partial charge in [0.25, 0.3) is 5.91 Å². The van der Waals surface area contributed by atoms with Gasteiger partial charge < -0.3 is 19.7 Å². The quantitative estimate of drug-likeness (QED) is 0.113. The fraction of sp³-hybridized carbons (Fsp3) is 0.270. The number of hydrogen-bond acceptors (Lipinski definition) is 6. The van der Waals surface area contributed by atoms with Gasteiger partial charge in [-0.15, -0.1) is 11.8 Å². The number of hydrogen-bond donors (Lipinski definition) is 1. The molecule has 0 atom stereocenters. The van der Waals surface area contributed by atoms with E-state index in [4.69, 9.17) is 9.47 Å². The van der Waals surface area contributed by atoms with Gasteiger partial charge >= 0.3 is 12.1 Å². The lowest BCUT2D eigenvalue weighted by Gasteiger charge is -2.24. The first-order valence-corrected chi connectivity index (χ1v) is 16.7. The summed E-state index contributed by atoms with van der Waals surface area (Å²) in [6.45, 7) is 3.39. The summed E-state index contributed by atoms with van der Waals surface area (Å²) < 4.78 is 52.1. The molecule has 5 rings (SSSR count). The average molecular weight is 676 g/mol. The molecule has 0 fully saturated rings. The Hall–Kier alpha value is -4.61. The van der Waals surface area contributed by atoms with Crippen molar-refractivity contribution in [1.29, 1.82) is 0 Å².